The lowest BCUT2D eigenvalue weighted by atomic mass is 10.2. The van der Waals surface area contributed by atoms with Crippen molar-refractivity contribution < 1.29 is 14.7 Å². The Morgan fingerprint density at radius 3 is 2.80 bits per heavy atom. The average molecular weight is 294 g/mol. The van der Waals surface area contributed by atoms with E-state index >= 15 is 0 Å². The number of thioether (sulfide) groups is 1. The van der Waals surface area contributed by atoms with Crippen molar-refractivity contribution in [3.8, 4) is 0 Å². The molecule has 1 amide bonds. The van der Waals surface area contributed by atoms with Crippen LogP contribution in [0.2, 0.25) is 0 Å². The van der Waals surface area contributed by atoms with Crippen LogP contribution in [0.25, 0.3) is 6.08 Å². The first-order valence-corrected chi connectivity index (χ1v) is 7.49. The van der Waals surface area contributed by atoms with E-state index in [1.807, 2.05) is 6.26 Å². The molecule has 0 radical (unpaired) electrons. The Morgan fingerprint density at radius 1 is 1.50 bits per heavy atom. The maximum atomic E-state index is 11.8. The minimum atomic E-state index is -1.02. The Hall–Kier alpha value is -1.82. The smallest absolute Gasteiger partial charge is 0.328 e. The number of aliphatic carboxylic acids is 1. The minimum absolute atomic E-state index is 0.216. The van der Waals surface area contributed by atoms with Crippen molar-refractivity contribution in [2.24, 2.45) is 0 Å². The topological polar surface area (TPSA) is 79.3 Å². The van der Waals surface area contributed by atoms with Crippen molar-refractivity contribution in [3.63, 3.8) is 0 Å². The molecular weight excluding hydrogens is 276 g/mol. The number of carbonyl (C=O) groups is 2. The summed E-state index contributed by atoms with van der Waals surface area (Å²) in [5.41, 5.74) is 0.967. The molecule has 0 aromatic carbocycles. The number of amides is 1. The van der Waals surface area contributed by atoms with E-state index in [1.54, 1.807) is 23.9 Å². The van der Waals surface area contributed by atoms with Gasteiger partial charge in [0.2, 0.25) is 0 Å². The van der Waals surface area contributed by atoms with Crippen LogP contribution in [0.1, 0.15) is 29.4 Å². The van der Waals surface area contributed by atoms with Gasteiger partial charge in [-0.2, -0.15) is 11.8 Å². The fraction of sp³-hybridized carbons (Fsp3) is 0.357. The van der Waals surface area contributed by atoms with Gasteiger partial charge in [-0.3, -0.25) is 9.78 Å². The Bertz CT molecular complexity index is 486. The number of pyridine rings is 1. The minimum Gasteiger partial charge on any atom is -0.478 e. The Balaban J connectivity index is 2.51. The molecule has 0 aliphatic rings. The summed E-state index contributed by atoms with van der Waals surface area (Å²) in [5.74, 6) is -1.23. The molecule has 1 heterocycles. The van der Waals surface area contributed by atoms with Gasteiger partial charge in [-0.05, 0) is 30.4 Å². The second-order valence-electron chi connectivity index (χ2n) is 4.24. The van der Waals surface area contributed by atoms with E-state index in [2.05, 4.69) is 17.2 Å². The van der Waals surface area contributed by atoms with Crippen LogP contribution in [0.5, 0.6) is 0 Å². The van der Waals surface area contributed by atoms with Crippen molar-refractivity contribution in [2.75, 3.05) is 12.8 Å². The molecule has 0 aliphatic carbocycles. The Kier molecular flexibility index (Phi) is 6.79. The molecule has 5 nitrogen and oxygen atoms in total. The molecule has 1 rings (SSSR count). The van der Waals surface area contributed by atoms with Crippen LogP contribution in [-0.4, -0.2) is 40.0 Å². The van der Waals surface area contributed by atoms with Crippen LogP contribution in [0.3, 0.4) is 0 Å². The van der Waals surface area contributed by atoms with Gasteiger partial charge < -0.3 is 10.4 Å². The second-order valence-corrected chi connectivity index (χ2v) is 5.52. The Morgan fingerprint density at radius 2 is 2.25 bits per heavy atom. The first kappa shape index (κ1) is 16.2. The van der Waals surface area contributed by atoms with E-state index in [0.717, 1.165) is 12.5 Å². The third kappa shape index (κ3) is 5.88. The highest BCUT2D eigenvalue weighted by Crippen LogP contribution is 2.08. The molecular formula is C14H18N2O3S. The largest absolute Gasteiger partial charge is 0.478 e. The summed E-state index contributed by atoms with van der Waals surface area (Å²) in [6.07, 6.45) is 6.88. The number of hydrogen-bond acceptors (Lipinski definition) is 4. The summed E-state index contributed by atoms with van der Waals surface area (Å²) in [6, 6.07) is 3.24. The molecule has 0 saturated carbocycles. The molecule has 0 fully saturated rings. The molecule has 1 aromatic rings. The number of nitrogens with one attached hydrogen (secondary N) is 1. The second kappa shape index (κ2) is 8.37. The van der Waals surface area contributed by atoms with Crippen LogP contribution >= 0.6 is 11.8 Å². The number of aromatic nitrogens is 1. The van der Waals surface area contributed by atoms with Gasteiger partial charge in [-0.1, -0.05) is 13.0 Å². The summed E-state index contributed by atoms with van der Waals surface area (Å²) in [4.78, 5) is 26.2. The van der Waals surface area contributed by atoms with Gasteiger partial charge in [-0.15, -0.1) is 0 Å². The zero-order chi connectivity index (χ0) is 15.0. The predicted octanol–water partition coefficient (Wildman–Crippen LogP) is 2.05. The van der Waals surface area contributed by atoms with Crippen LogP contribution < -0.4 is 5.32 Å². The van der Waals surface area contributed by atoms with Gasteiger partial charge in [0, 0.05) is 24.1 Å². The number of carboxylic acid groups (broad SMARTS) is 1. The first-order valence-electron chi connectivity index (χ1n) is 6.21. The monoisotopic (exact) mass is 294 g/mol. The fourth-order valence-electron chi connectivity index (χ4n) is 1.40. The molecule has 6 heteroatoms. The zero-order valence-electron chi connectivity index (χ0n) is 11.5. The molecule has 0 saturated heterocycles. The lowest BCUT2D eigenvalue weighted by Crippen LogP contribution is -2.26. The number of carboxylic acids is 1. The maximum Gasteiger partial charge on any atom is 0.328 e. The van der Waals surface area contributed by atoms with E-state index in [1.165, 1.54) is 12.3 Å². The zero-order valence-corrected chi connectivity index (χ0v) is 12.3. The number of hydrogen-bond donors (Lipinski definition) is 2. The highest BCUT2D eigenvalue weighted by molar-refractivity contribution is 7.99. The fourth-order valence-corrected chi connectivity index (χ4v) is 1.76. The molecule has 1 unspecified atom stereocenters. The highest BCUT2D eigenvalue weighted by Gasteiger charge is 2.07. The molecule has 108 valence electrons. The van der Waals surface area contributed by atoms with E-state index in [-0.39, 0.29) is 5.91 Å². The van der Waals surface area contributed by atoms with Crippen LogP contribution in [-0.2, 0) is 4.79 Å². The van der Waals surface area contributed by atoms with Gasteiger partial charge in [0.15, 0.2) is 0 Å². The van der Waals surface area contributed by atoms with Gasteiger partial charge in [0.25, 0.3) is 5.91 Å². The SMILES string of the molecule is CSC(C)CCNC(=O)c1ccc(/C=C/C(=O)O)cn1. The van der Waals surface area contributed by atoms with Crippen LogP contribution in [0.4, 0.5) is 0 Å². The molecule has 0 bridgehead atoms. The number of rotatable bonds is 7. The standard InChI is InChI=1S/C14H18N2O3S/c1-10(20-2)7-8-15-14(19)12-5-3-11(9-16-12)4-6-13(17)18/h3-6,9-10H,7-8H2,1-2H3,(H,15,19)(H,17,18)/b6-4+. The summed E-state index contributed by atoms with van der Waals surface area (Å²) < 4.78 is 0. The summed E-state index contributed by atoms with van der Waals surface area (Å²) in [7, 11) is 0. The quantitative estimate of drug-likeness (QED) is 0.752. The van der Waals surface area contributed by atoms with E-state index in [0.29, 0.717) is 23.1 Å². The first-order chi connectivity index (χ1) is 9.52. The van der Waals surface area contributed by atoms with E-state index < -0.39 is 5.97 Å². The van der Waals surface area contributed by atoms with Gasteiger partial charge >= 0.3 is 5.97 Å². The third-order valence-electron chi connectivity index (χ3n) is 2.68. The number of carbonyl (C=O) groups excluding carboxylic acids is 1. The average Bonchev–Trinajstić information content (AvgIpc) is 2.45. The van der Waals surface area contributed by atoms with Gasteiger partial charge in [0.1, 0.15) is 5.69 Å². The lowest BCUT2D eigenvalue weighted by molar-refractivity contribution is -0.131. The highest BCUT2D eigenvalue weighted by atomic mass is 32.2. The molecule has 2 N–H and O–H groups in total. The molecule has 20 heavy (non-hydrogen) atoms. The van der Waals surface area contributed by atoms with Crippen molar-refractivity contribution >= 4 is 29.7 Å². The van der Waals surface area contributed by atoms with Crippen LogP contribution in [0.15, 0.2) is 24.4 Å². The molecule has 0 aliphatic heterocycles. The van der Waals surface area contributed by atoms with Gasteiger partial charge in [0.05, 0.1) is 0 Å². The van der Waals surface area contributed by atoms with E-state index in [4.69, 9.17) is 5.11 Å². The predicted molar refractivity (Wildman–Crippen MR) is 80.8 cm³/mol. The van der Waals surface area contributed by atoms with Crippen molar-refractivity contribution in [2.45, 2.75) is 18.6 Å². The summed E-state index contributed by atoms with van der Waals surface area (Å²) in [6.45, 7) is 2.72. The molecule has 0 spiro atoms. The normalized spacial score (nSPS) is 12.3. The van der Waals surface area contributed by atoms with Crippen LogP contribution in [0, 0.1) is 0 Å². The third-order valence-corrected chi connectivity index (χ3v) is 3.72. The lowest BCUT2D eigenvalue weighted by Gasteiger charge is -2.08. The summed E-state index contributed by atoms with van der Waals surface area (Å²) in [5, 5.41) is 11.8. The molecule has 1 atom stereocenters. The van der Waals surface area contributed by atoms with Gasteiger partial charge in [-0.25, -0.2) is 4.79 Å². The van der Waals surface area contributed by atoms with Crippen molar-refractivity contribution in [3.05, 3.63) is 35.7 Å². The van der Waals surface area contributed by atoms with Crippen molar-refractivity contribution in [1.82, 2.24) is 10.3 Å². The maximum absolute atomic E-state index is 11.8. The van der Waals surface area contributed by atoms with Crippen molar-refractivity contribution in [1.29, 1.82) is 0 Å². The number of nitrogens with zero attached hydrogens (tertiary/aromatic N) is 1. The van der Waals surface area contributed by atoms with E-state index in [9.17, 15) is 9.59 Å². The summed E-state index contributed by atoms with van der Waals surface area (Å²) >= 11 is 1.76. The Labute approximate surface area is 122 Å². The molecule has 1 aromatic heterocycles.